The van der Waals surface area contributed by atoms with Crippen LogP contribution in [0.2, 0.25) is 0 Å². The highest BCUT2D eigenvalue weighted by Crippen LogP contribution is 2.28. The molecule has 0 bridgehead atoms. The summed E-state index contributed by atoms with van der Waals surface area (Å²) in [5.74, 6) is 0.588. The van der Waals surface area contributed by atoms with Gasteiger partial charge in [-0.3, -0.25) is 18.7 Å². The topological polar surface area (TPSA) is 89.8 Å². The van der Waals surface area contributed by atoms with Gasteiger partial charge in [0, 0.05) is 19.0 Å². The van der Waals surface area contributed by atoms with Crippen molar-refractivity contribution in [3.8, 4) is 11.3 Å². The highest BCUT2D eigenvalue weighted by Gasteiger charge is 2.31. The van der Waals surface area contributed by atoms with Gasteiger partial charge in [0.05, 0.1) is 35.4 Å². The predicted octanol–water partition coefficient (Wildman–Crippen LogP) is 1.90. The molecule has 4 rings (SSSR count). The van der Waals surface area contributed by atoms with Gasteiger partial charge in [-0.25, -0.2) is 9.78 Å². The lowest BCUT2D eigenvalue weighted by atomic mass is 9.93. The van der Waals surface area contributed by atoms with Crippen molar-refractivity contribution < 1.29 is 9.59 Å². The van der Waals surface area contributed by atoms with Crippen LogP contribution in [0, 0.1) is 6.92 Å². The van der Waals surface area contributed by atoms with Gasteiger partial charge in [0.2, 0.25) is 0 Å². The first-order chi connectivity index (χ1) is 12.0. The summed E-state index contributed by atoms with van der Waals surface area (Å²) in [5, 5.41) is 0. The number of ketones is 2. The number of hydrogen-bond donors (Lipinski definition) is 1. The first kappa shape index (κ1) is 15.6. The first-order valence-corrected chi connectivity index (χ1v) is 8.23. The zero-order chi connectivity index (χ0) is 17.7. The summed E-state index contributed by atoms with van der Waals surface area (Å²) in [4.78, 5) is 43.9. The van der Waals surface area contributed by atoms with E-state index in [0.717, 1.165) is 22.6 Å². The molecule has 1 aliphatic rings. The monoisotopic (exact) mass is 338 g/mol. The van der Waals surface area contributed by atoms with Crippen molar-refractivity contribution in [2.24, 2.45) is 7.05 Å². The molecule has 1 aliphatic carbocycles. The van der Waals surface area contributed by atoms with E-state index in [-0.39, 0.29) is 23.7 Å². The number of carbonyl (C=O) groups is 2. The molecule has 0 aliphatic heterocycles. The van der Waals surface area contributed by atoms with Gasteiger partial charge < -0.3 is 4.98 Å². The van der Waals surface area contributed by atoms with E-state index in [4.69, 9.17) is 0 Å². The Balaban J connectivity index is 1.87. The summed E-state index contributed by atoms with van der Waals surface area (Å²) >= 11 is 0. The minimum atomic E-state index is -0.561. The minimum absolute atomic E-state index is 0.0496. The normalized spacial score (nSPS) is 18.2. The molecule has 1 saturated carbocycles. The van der Waals surface area contributed by atoms with Crippen LogP contribution < -0.4 is 5.69 Å². The van der Waals surface area contributed by atoms with Crippen molar-refractivity contribution in [3.05, 3.63) is 40.7 Å². The Morgan fingerprint density at radius 2 is 2.00 bits per heavy atom. The van der Waals surface area contributed by atoms with Crippen molar-refractivity contribution >= 4 is 22.6 Å². The highest BCUT2D eigenvalue weighted by molar-refractivity contribution is 6.03. The van der Waals surface area contributed by atoms with Gasteiger partial charge in [-0.15, -0.1) is 0 Å². The number of aryl methyl sites for hydroxylation is 2. The van der Waals surface area contributed by atoms with Crippen LogP contribution in [0.25, 0.3) is 22.3 Å². The molecule has 1 N–H and O–H groups in total. The second-order valence-corrected chi connectivity index (χ2v) is 6.53. The van der Waals surface area contributed by atoms with Crippen LogP contribution in [0.1, 0.15) is 31.1 Å². The van der Waals surface area contributed by atoms with Crippen LogP contribution in [0.5, 0.6) is 0 Å². The zero-order valence-electron chi connectivity index (χ0n) is 14.1. The molecule has 128 valence electrons. The Morgan fingerprint density at radius 3 is 2.68 bits per heavy atom. The van der Waals surface area contributed by atoms with Crippen LogP contribution >= 0.6 is 0 Å². The molecule has 2 heterocycles. The summed E-state index contributed by atoms with van der Waals surface area (Å²) in [6.45, 7) is 1.88. The molecule has 0 spiro atoms. The van der Waals surface area contributed by atoms with E-state index < -0.39 is 6.04 Å². The Hall–Kier alpha value is -2.96. The fourth-order valence-corrected chi connectivity index (χ4v) is 3.53. The van der Waals surface area contributed by atoms with E-state index in [2.05, 4.69) is 9.97 Å². The van der Waals surface area contributed by atoms with Crippen molar-refractivity contribution in [1.82, 2.24) is 19.1 Å². The van der Waals surface area contributed by atoms with Gasteiger partial charge >= 0.3 is 5.69 Å². The smallest absolute Gasteiger partial charge is 0.329 e. The maximum atomic E-state index is 12.7. The van der Waals surface area contributed by atoms with Crippen LogP contribution in [0.15, 0.2) is 29.2 Å². The third kappa shape index (κ3) is 2.43. The number of fused-ring (bicyclic) bond motifs is 1. The number of imidazole rings is 2. The molecular weight excluding hydrogens is 320 g/mol. The summed E-state index contributed by atoms with van der Waals surface area (Å²) in [7, 11) is 1.70. The van der Waals surface area contributed by atoms with Gasteiger partial charge in [0.1, 0.15) is 11.6 Å². The second-order valence-electron chi connectivity index (χ2n) is 6.53. The van der Waals surface area contributed by atoms with E-state index in [1.807, 2.05) is 25.1 Å². The lowest BCUT2D eigenvalue weighted by Gasteiger charge is -2.21. The molecule has 1 atom stereocenters. The van der Waals surface area contributed by atoms with Gasteiger partial charge in [-0.1, -0.05) is 6.07 Å². The van der Waals surface area contributed by atoms with Gasteiger partial charge in [-0.05, 0) is 25.5 Å². The summed E-state index contributed by atoms with van der Waals surface area (Å²) in [6.07, 6.45) is 2.39. The predicted molar refractivity (Wildman–Crippen MR) is 92.4 cm³/mol. The average molecular weight is 338 g/mol. The van der Waals surface area contributed by atoms with Crippen LogP contribution in [-0.4, -0.2) is 30.7 Å². The third-order valence-electron chi connectivity index (χ3n) is 4.85. The maximum Gasteiger partial charge on any atom is 0.329 e. The zero-order valence-corrected chi connectivity index (χ0v) is 14.1. The van der Waals surface area contributed by atoms with Gasteiger partial charge in [0.25, 0.3) is 0 Å². The van der Waals surface area contributed by atoms with Crippen LogP contribution in [0.4, 0.5) is 0 Å². The molecule has 7 nitrogen and oxygen atoms in total. The SMILES string of the molecule is Cc1ncc(-c2ccc3c(c2)n(C)c(=O)n3C2CCC(=O)CC2=O)[nH]1. The molecule has 7 heteroatoms. The quantitative estimate of drug-likeness (QED) is 0.723. The largest absolute Gasteiger partial charge is 0.342 e. The Kier molecular flexibility index (Phi) is 3.45. The van der Waals surface area contributed by atoms with E-state index in [1.165, 1.54) is 4.57 Å². The van der Waals surface area contributed by atoms with Crippen LogP contribution in [0.3, 0.4) is 0 Å². The number of Topliss-reactive ketones (excluding diaryl/α,β-unsaturated/α-hetero) is 2. The molecule has 2 aromatic heterocycles. The molecule has 1 fully saturated rings. The number of H-pyrrole nitrogens is 1. The Labute approximate surface area is 143 Å². The Bertz CT molecular complexity index is 1070. The molecule has 0 radical (unpaired) electrons. The summed E-state index contributed by atoms with van der Waals surface area (Å²) < 4.78 is 3.08. The van der Waals surface area contributed by atoms with Crippen molar-refractivity contribution in [3.63, 3.8) is 0 Å². The maximum absolute atomic E-state index is 12.7. The van der Waals surface area contributed by atoms with E-state index in [1.54, 1.807) is 17.8 Å². The number of nitrogens with one attached hydrogen (secondary N) is 1. The average Bonchev–Trinajstić information content (AvgIpc) is 3.11. The lowest BCUT2D eigenvalue weighted by molar-refractivity contribution is -0.132. The van der Waals surface area contributed by atoms with E-state index in [0.29, 0.717) is 18.4 Å². The third-order valence-corrected chi connectivity index (χ3v) is 4.85. The highest BCUT2D eigenvalue weighted by atomic mass is 16.2. The lowest BCUT2D eigenvalue weighted by Crippen LogP contribution is -2.34. The van der Waals surface area contributed by atoms with Gasteiger partial charge in [-0.2, -0.15) is 0 Å². The fraction of sp³-hybridized carbons (Fsp3) is 0.333. The number of nitrogens with zero attached hydrogens (tertiary/aromatic N) is 3. The number of aromatic amines is 1. The van der Waals surface area contributed by atoms with E-state index >= 15 is 0 Å². The number of benzene rings is 1. The van der Waals surface area contributed by atoms with E-state index in [9.17, 15) is 14.4 Å². The van der Waals surface area contributed by atoms with Crippen molar-refractivity contribution in [2.45, 2.75) is 32.2 Å². The second kappa shape index (κ2) is 5.54. The van der Waals surface area contributed by atoms with Crippen molar-refractivity contribution in [2.75, 3.05) is 0 Å². The first-order valence-electron chi connectivity index (χ1n) is 8.23. The number of aromatic nitrogens is 4. The molecule has 0 saturated heterocycles. The van der Waals surface area contributed by atoms with Gasteiger partial charge in [0.15, 0.2) is 5.78 Å². The molecule has 0 amide bonds. The van der Waals surface area contributed by atoms with Crippen molar-refractivity contribution in [1.29, 1.82) is 0 Å². The van der Waals surface area contributed by atoms with Crippen LogP contribution in [-0.2, 0) is 16.6 Å². The number of carbonyl (C=O) groups excluding carboxylic acids is 2. The summed E-state index contributed by atoms with van der Waals surface area (Å²) in [5.41, 5.74) is 3.02. The molecule has 25 heavy (non-hydrogen) atoms. The molecule has 3 aromatic rings. The number of rotatable bonds is 2. The fourth-order valence-electron chi connectivity index (χ4n) is 3.53. The minimum Gasteiger partial charge on any atom is -0.342 e. The molecule has 1 aromatic carbocycles. The Morgan fingerprint density at radius 1 is 1.20 bits per heavy atom. The molecule has 1 unspecified atom stereocenters. The number of hydrogen-bond acceptors (Lipinski definition) is 4. The molecular formula is C18H18N4O3. The summed E-state index contributed by atoms with van der Waals surface area (Å²) in [6, 6.07) is 5.11. The standard InChI is InChI=1S/C18H18N4O3/c1-10-19-9-13(20-10)11-3-5-14-16(7-11)21(2)18(25)22(14)15-6-4-12(23)8-17(15)24/h3,5,7,9,15H,4,6,8H2,1-2H3,(H,19,20).